The highest BCUT2D eigenvalue weighted by atomic mass is 16.8. The zero-order valence-corrected chi connectivity index (χ0v) is 11.6. The molecule has 0 amide bonds. The number of benzene rings is 1. The second kappa shape index (κ2) is 5.04. The number of fused-ring (bicyclic) bond motifs is 1. The van der Waals surface area contributed by atoms with Gasteiger partial charge in [0.15, 0.2) is 5.79 Å². The molecule has 3 rings (SSSR count). The number of ether oxygens (including phenoxy) is 3. The number of cyclic esters (lactones) is 1. The highest BCUT2D eigenvalue weighted by Gasteiger charge is 2.49. The monoisotopic (exact) mass is 274 g/mol. The molecular weight excluding hydrogens is 256 g/mol. The third kappa shape index (κ3) is 2.76. The average molecular weight is 274 g/mol. The van der Waals surface area contributed by atoms with E-state index in [0.717, 1.165) is 5.56 Å². The molecule has 2 heterocycles. The van der Waals surface area contributed by atoms with Crippen molar-refractivity contribution < 1.29 is 19.0 Å². The van der Waals surface area contributed by atoms with E-state index in [-0.39, 0.29) is 24.6 Å². The Balaban J connectivity index is 1.78. The third-order valence-corrected chi connectivity index (χ3v) is 3.46. The fourth-order valence-corrected chi connectivity index (χ4v) is 2.65. The molecule has 2 aliphatic heterocycles. The van der Waals surface area contributed by atoms with E-state index in [0.29, 0.717) is 0 Å². The predicted octanol–water partition coefficient (Wildman–Crippen LogP) is 2.54. The highest BCUT2D eigenvalue weighted by molar-refractivity contribution is 5.72. The van der Waals surface area contributed by atoms with E-state index in [1.54, 1.807) is 0 Å². The fraction of sp³-hybridized carbons (Fsp3) is 0.438. The lowest BCUT2D eigenvalue weighted by Crippen LogP contribution is -2.43. The van der Waals surface area contributed by atoms with Gasteiger partial charge in [-0.2, -0.15) is 0 Å². The highest BCUT2D eigenvalue weighted by Crippen LogP contribution is 2.36. The predicted molar refractivity (Wildman–Crippen MR) is 73.8 cm³/mol. The molecule has 0 aliphatic carbocycles. The zero-order valence-electron chi connectivity index (χ0n) is 11.6. The average Bonchev–Trinajstić information content (AvgIpc) is 2.71. The lowest BCUT2D eigenvalue weighted by molar-refractivity contribution is -0.164. The van der Waals surface area contributed by atoms with Gasteiger partial charge in [-0.05, 0) is 25.5 Å². The lowest BCUT2D eigenvalue weighted by Gasteiger charge is -2.28. The zero-order chi connectivity index (χ0) is 14.2. The van der Waals surface area contributed by atoms with Crippen LogP contribution in [0.4, 0.5) is 0 Å². The van der Waals surface area contributed by atoms with Crippen molar-refractivity contribution in [3.05, 3.63) is 42.0 Å². The molecule has 0 N–H and O–H groups in total. The van der Waals surface area contributed by atoms with Gasteiger partial charge in [-0.1, -0.05) is 36.4 Å². The van der Waals surface area contributed by atoms with Gasteiger partial charge in [0.1, 0.15) is 18.3 Å². The molecule has 0 bridgehead atoms. The Morgan fingerprint density at radius 3 is 2.70 bits per heavy atom. The minimum atomic E-state index is -0.665. The first-order valence-corrected chi connectivity index (χ1v) is 6.82. The van der Waals surface area contributed by atoms with Gasteiger partial charge in [0.05, 0.1) is 6.42 Å². The third-order valence-electron chi connectivity index (χ3n) is 3.46. The largest absolute Gasteiger partial charge is 0.455 e. The van der Waals surface area contributed by atoms with Crippen LogP contribution in [0.3, 0.4) is 0 Å². The lowest BCUT2D eigenvalue weighted by atomic mass is 10.0. The molecule has 0 spiro atoms. The number of rotatable bonds is 2. The summed E-state index contributed by atoms with van der Waals surface area (Å²) in [6.45, 7) is 3.71. The Kier molecular flexibility index (Phi) is 3.36. The fourth-order valence-electron chi connectivity index (χ4n) is 2.65. The summed E-state index contributed by atoms with van der Waals surface area (Å²) < 4.78 is 17.0. The quantitative estimate of drug-likeness (QED) is 0.777. The van der Waals surface area contributed by atoms with Gasteiger partial charge in [0.25, 0.3) is 0 Å². The van der Waals surface area contributed by atoms with Crippen LogP contribution >= 0.6 is 0 Å². The molecule has 1 unspecified atom stereocenters. The van der Waals surface area contributed by atoms with Crippen molar-refractivity contribution in [3.8, 4) is 0 Å². The maximum atomic E-state index is 11.6. The van der Waals surface area contributed by atoms with Gasteiger partial charge in [-0.3, -0.25) is 4.79 Å². The molecule has 2 saturated heterocycles. The van der Waals surface area contributed by atoms with Crippen molar-refractivity contribution >= 4 is 12.0 Å². The summed E-state index contributed by atoms with van der Waals surface area (Å²) in [4.78, 5) is 11.6. The summed E-state index contributed by atoms with van der Waals surface area (Å²) in [5, 5.41) is 0. The van der Waals surface area contributed by atoms with Crippen LogP contribution in [-0.2, 0) is 19.0 Å². The van der Waals surface area contributed by atoms with Crippen LogP contribution in [0.15, 0.2) is 36.4 Å². The molecule has 4 nitrogen and oxygen atoms in total. The maximum absolute atomic E-state index is 11.6. The van der Waals surface area contributed by atoms with Gasteiger partial charge in [0, 0.05) is 0 Å². The minimum Gasteiger partial charge on any atom is -0.455 e. The van der Waals surface area contributed by atoms with E-state index >= 15 is 0 Å². The molecule has 2 aliphatic rings. The number of carbonyl (C=O) groups is 1. The molecule has 1 aromatic rings. The normalized spacial score (nSPS) is 32.1. The molecule has 106 valence electrons. The van der Waals surface area contributed by atoms with Gasteiger partial charge in [0.2, 0.25) is 0 Å². The first kappa shape index (κ1) is 13.3. The van der Waals surface area contributed by atoms with Crippen LogP contribution in [-0.4, -0.2) is 30.1 Å². The van der Waals surface area contributed by atoms with E-state index in [2.05, 4.69) is 0 Å². The van der Waals surface area contributed by atoms with Crippen LogP contribution in [0.25, 0.3) is 6.08 Å². The molecule has 20 heavy (non-hydrogen) atoms. The summed E-state index contributed by atoms with van der Waals surface area (Å²) in [6, 6.07) is 9.88. The molecule has 0 radical (unpaired) electrons. The van der Waals surface area contributed by atoms with E-state index in [1.165, 1.54) is 0 Å². The van der Waals surface area contributed by atoms with Crippen LogP contribution in [0.1, 0.15) is 25.8 Å². The van der Waals surface area contributed by atoms with Crippen molar-refractivity contribution in [2.45, 2.75) is 44.4 Å². The van der Waals surface area contributed by atoms with Crippen LogP contribution in [0.5, 0.6) is 0 Å². The standard InChI is InChI=1S/C16H18O4/c1-16(2)19-13-10-14(17)18-12(15(13)20-16)9-8-11-6-4-3-5-7-11/h3-9,12-13,15H,10H2,1-2H3/b9-8+/t12?,13-,15+/m1/s1. The first-order valence-electron chi connectivity index (χ1n) is 6.82. The number of hydrogen-bond donors (Lipinski definition) is 0. The van der Waals surface area contributed by atoms with Crippen molar-refractivity contribution in [2.75, 3.05) is 0 Å². The molecule has 2 fully saturated rings. The summed E-state index contributed by atoms with van der Waals surface area (Å²) in [7, 11) is 0. The van der Waals surface area contributed by atoms with Crippen molar-refractivity contribution in [1.82, 2.24) is 0 Å². The number of esters is 1. The van der Waals surface area contributed by atoms with E-state index in [9.17, 15) is 4.79 Å². The Morgan fingerprint density at radius 1 is 1.20 bits per heavy atom. The van der Waals surface area contributed by atoms with E-state index in [1.807, 2.05) is 56.3 Å². The van der Waals surface area contributed by atoms with Gasteiger partial charge in [-0.15, -0.1) is 0 Å². The second-order valence-electron chi connectivity index (χ2n) is 5.57. The second-order valence-corrected chi connectivity index (χ2v) is 5.57. The van der Waals surface area contributed by atoms with Gasteiger partial charge < -0.3 is 14.2 Å². The van der Waals surface area contributed by atoms with Crippen molar-refractivity contribution in [1.29, 1.82) is 0 Å². The topological polar surface area (TPSA) is 44.8 Å². The van der Waals surface area contributed by atoms with Crippen molar-refractivity contribution in [3.63, 3.8) is 0 Å². The first-order chi connectivity index (χ1) is 9.53. The molecule has 0 aromatic heterocycles. The Hall–Kier alpha value is -1.65. The molecule has 3 atom stereocenters. The maximum Gasteiger partial charge on any atom is 0.309 e. The molecule has 0 saturated carbocycles. The van der Waals surface area contributed by atoms with E-state index < -0.39 is 11.9 Å². The molecule has 4 heteroatoms. The SMILES string of the molecule is CC1(C)O[C@@H]2CC(=O)OC(/C=C/c3ccccc3)[C@@H]2O1. The number of hydrogen-bond acceptors (Lipinski definition) is 4. The van der Waals surface area contributed by atoms with Crippen molar-refractivity contribution in [2.24, 2.45) is 0 Å². The van der Waals surface area contributed by atoms with Crippen LogP contribution in [0, 0.1) is 0 Å². The Morgan fingerprint density at radius 2 is 1.95 bits per heavy atom. The minimum absolute atomic E-state index is 0.225. The summed E-state index contributed by atoms with van der Waals surface area (Å²) in [6.07, 6.45) is 3.20. The summed E-state index contributed by atoms with van der Waals surface area (Å²) in [5.41, 5.74) is 1.06. The molecule has 1 aromatic carbocycles. The summed E-state index contributed by atoms with van der Waals surface area (Å²) >= 11 is 0. The van der Waals surface area contributed by atoms with Crippen LogP contribution < -0.4 is 0 Å². The molecular formula is C16H18O4. The summed E-state index contributed by atoms with van der Waals surface area (Å²) in [5.74, 6) is -0.905. The Labute approximate surface area is 118 Å². The van der Waals surface area contributed by atoms with Crippen LogP contribution in [0.2, 0.25) is 0 Å². The van der Waals surface area contributed by atoms with Gasteiger partial charge in [-0.25, -0.2) is 0 Å². The van der Waals surface area contributed by atoms with E-state index in [4.69, 9.17) is 14.2 Å². The smallest absolute Gasteiger partial charge is 0.309 e. The number of carbonyl (C=O) groups excluding carboxylic acids is 1. The Bertz CT molecular complexity index is 521. The van der Waals surface area contributed by atoms with Gasteiger partial charge >= 0.3 is 5.97 Å².